The second-order valence-electron chi connectivity index (χ2n) is 5.99. The Labute approximate surface area is 165 Å². The lowest BCUT2D eigenvalue weighted by Gasteiger charge is -2.24. The first kappa shape index (κ1) is 24.6. The van der Waals surface area contributed by atoms with E-state index in [1.807, 2.05) is 20.8 Å². The molecule has 10 heteroatoms. The van der Waals surface area contributed by atoms with E-state index < -0.39 is 13.2 Å². The molecule has 140 valence electrons. The summed E-state index contributed by atoms with van der Waals surface area (Å²) in [5.74, 6) is 0.193. The van der Waals surface area contributed by atoms with Gasteiger partial charge in [-0.25, -0.2) is 4.57 Å². The Morgan fingerprint density at radius 3 is 2.30 bits per heavy atom. The van der Waals surface area contributed by atoms with E-state index in [0.29, 0.717) is 6.61 Å². The Morgan fingerprint density at radius 2 is 1.78 bits per heavy atom. The molecular weight excluding hydrogens is 498 g/mol. The summed E-state index contributed by atoms with van der Waals surface area (Å²) in [5.41, 5.74) is -0.173. The quantitative estimate of drug-likeness (QED) is 0.245. The highest BCUT2D eigenvalue weighted by molar-refractivity contribution is 9.12. The van der Waals surface area contributed by atoms with Crippen LogP contribution < -0.4 is 0 Å². The van der Waals surface area contributed by atoms with Gasteiger partial charge in [0.05, 0.1) is 38.4 Å². The van der Waals surface area contributed by atoms with Crippen molar-refractivity contribution in [2.24, 2.45) is 5.41 Å². The lowest BCUT2D eigenvalue weighted by atomic mass is 9.99. The molecular formula is C13H25Br2Cl2O5P. The van der Waals surface area contributed by atoms with Crippen LogP contribution in [0.25, 0.3) is 0 Å². The third-order valence-electron chi connectivity index (χ3n) is 2.16. The largest absolute Gasteiger partial charge is 0.474 e. The number of alkyl halides is 4. The molecule has 23 heavy (non-hydrogen) atoms. The minimum Gasteiger partial charge on any atom is -0.379 e. The smallest absolute Gasteiger partial charge is 0.379 e. The van der Waals surface area contributed by atoms with Gasteiger partial charge in [-0.05, 0) is 5.41 Å². The molecule has 0 aromatic carbocycles. The van der Waals surface area contributed by atoms with Gasteiger partial charge >= 0.3 is 7.82 Å². The molecule has 0 aliphatic heterocycles. The van der Waals surface area contributed by atoms with Crippen LogP contribution in [0.3, 0.4) is 0 Å². The Kier molecular flexibility index (Phi) is 13.8. The molecule has 0 saturated carbocycles. The molecule has 0 radical (unpaired) electrons. The van der Waals surface area contributed by atoms with Crippen molar-refractivity contribution in [2.75, 3.05) is 44.2 Å². The van der Waals surface area contributed by atoms with Gasteiger partial charge in [0.2, 0.25) is 0 Å². The molecule has 0 aliphatic carbocycles. The third-order valence-corrected chi connectivity index (χ3v) is 6.21. The minimum atomic E-state index is -3.68. The summed E-state index contributed by atoms with van der Waals surface area (Å²) in [5, 5.41) is 0.314. The Bertz CT molecular complexity index is 358. The normalized spacial score (nSPS) is 17.7. The lowest BCUT2D eigenvalue weighted by molar-refractivity contribution is 0.0778. The van der Waals surface area contributed by atoms with E-state index >= 15 is 0 Å². The summed E-state index contributed by atoms with van der Waals surface area (Å²) in [4.78, 5) is 0.209. The molecule has 3 unspecified atom stereocenters. The zero-order valence-corrected chi connectivity index (χ0v) is 19.2. The maximum absolute atomic E-state index is 12.5. The highest BCUT2D eigenvalue weighted by Crippen LogP contribution is 2.50. The predicted octanol–water partition coefficient (Wildman–Crippen LogP) is 5.21. The van der Waals surface area contributed by atoms with Crippen molar-refractivity contribution in [3.8, 4) is 0 Å². The van der Waals surface area contributed by atoms with Gasteiger partial charge in [-0.15, -0.1) is 23.2 Å². The van der Waals surface area contributed by atoms with Crippen LogP contribution in [-0.2, 0) is 22.9 Å². The van der Waals surface area contributed by atoms with Gasteiger partial charge in [-0.2, -0.15) is 0 Å². The van der Waals surface area contributed by atoms with Crippen LogP contribution in [0.15, 0.2) is 0 Å². The molecule has 0 aliphatic rings. The van der Waals surface area contributed by atoms with Crippen molar-refractivity contribution in [1.82, 2.24) is 0 Å². The van der Waals surface area contributed by atoms with Crippen molar-refractivity contribution in [3.63, 3.8) is 0 Å². The van der Waals surface area contributed by atoms with E-state index in [2.05, 4.69) is 31.9 Å². The zero-order chi connectivity index (χ0) is 17.9. The molecule has 0 fully saturated rings. The summed E-state index contributed by atoms with van der Waals surface area (Å²) in [6.07, 6.45) is 0. The predicted molar refractivity (Wildman–Crippen MR) is 103 cm³/mol. The maximum atomic E-state index is 12.5. The molecule has 3 atom stereocenters. The van der Waals surface area contributed by atoms with Crippen LogP contribution in [0.5, 0.6) is 0 Å². The first-order chi connectivity index (χ1) is 10.6. The second kappa shape index (κ2) is 12.9. The zero-order valence-electron chi connectivity index (χ0n) is 13.6. The Hall–Kier alpha value is 1.61. The van der Waals surface area contributed by atoms with Gasteiger partial charge in [0.1, 0.15) is 0 Å². The van der Waals surface area contributed by atoms with Crippen molar-refractivity contribution in [1.29, 1.82) is 0 Å². The van der Waals surface area contributed by atoms with Crippen LogP contribution >= 0.6 is 62.9 Å². The summed E-state index contributed by atoms with van der Waals surface area (Å²) < 4.78 is 33.7. The van der Waals surface area contributed by atoms with Gasteiger partial charge in [-0.3, -0.25) is 13.6 Å². The topological polar surface area (TPSA) is 54.0 Å². The number of hydrogen-bond acceptors (Lipinski definition) is 5. The van der Waals surface area contributed by atoms with Gasteiger partial charge in [0, 0.05) is 16.0 Å². The summed E-state index contributed by atoms with van der Waals surface area (Å²) in [7, 11) is -3.68. The Balaban J connectivity index is 4.28. The number of phosphoric acid groups is 1. The Morgan fingerprint density at radius 1 is 1.13 bits per heavy atom. The average Bonchev–Trinajstić information content (AvgIpc) is 2.48. The summed E-state index contributed by atoms with van der Waals surface area (Å²) in [6, 6.07) is 0. The molecule has 0 bridgehead atoms. The number of halogens is 4. The summed E-state index contributed by atoms with van der Waals surface area (Å²) in [6.45, 7) is 6.94. The van der Waals surface area contributed by atoms with Gasteiger partial charge in [-0.1, -0.05) is 52.6 Å². The molecule has 0 aromatic heterocycles. The minimum absolute atomic E-state index is 0.00741. The molecule has 0 N–H and O–H groups in total. The van der Waals surface area contributed by atoms with E-state index in [9.17, 15) is 4.57 Å². The fourth-order valence-corrected chi connectivity index (χ4v) is 3.36. The SMILES string of the molecule is CC(C)(C)COP(=O)(OCCCl)OCC(Cl)COCC(Br)CBr. The maximum Gasteiger partial charge on any atom is 0.474 e. The van der Waals surface area contributed by atoms with Crippen LogP contribution in [0, 0.1) is 5.41 Å². The summed E-state index contributed by atoms with van der Waals surface area (Å²) >= 11 is 18.4. The number of hydrogen-bond donors (Lipinski definition) is 0. The van der Waals surface area contributed by atoms with Gasteiger partial charge in [0.15, 0.2) is 0 Å². The van der Waals surface area contributed by atoms with Crippen LogP contribution in [-0.4, -0.2) is 54.4 Å². The molecule has 0 aromatic rings. The highest BCUT2D eigenvalue weighted by atomic mass is 79.9. The third kappa shape index (κ3) is 14.5. The monoisotopic (exact) mass is 520 g/mol. The van der Waals surface area contributed by atoms with E-state index in [-0.39, 0.29) is 42.5 Å². The fourth-order valence-electron chi connectivity index (χ4n) is 1.12. The first-order valence-electron chi connectivity index (χ1n) is 7.13. The van der Waals surface area contributed by atoms with Crippen molar-refractivity contribution >= 4 is 62.9 Å². The van der Waals surface area contributed by atoms with Gasteiger partial charge < -0.3 is 4.74 Å². The van der Waals surface area contributed by atoms with Crippen LogP contribution in [0.1, 0.15) is 20.8 Å². The van der Waals surface area contributed by atoms with Gasteiger partial charge in [0.25, 0.3) is 0 Å². The van der Waals surface area contributed by atoms with Crippen molar-refractivity contribution in [3.05, 3.63) is 0 Å². The number of ether oxygens (including phenoxy) is 1. The molecule has 0 saturated heterocycles. The van der Waals surface area contributed by atoms with Crippen molar-refractivity contribution < 1.29 is 22.9 Å². The molecule has 0 heterocycles. The fraction of sp³-hybridized carbons (Fsp3) is 1.00. The lowest BCUT2D eigenvalue weighted by Crippen LogP contribution is -2.21. The van der Waals surface area contributed by atoms with Crippen molar-refractivity contribution in [2.45, 2.75) is 31.0 Å². The number of rotatable bonds is 13. The second-order valence-corrected chi connectivity index (χ2v) is 10.6. The molecule has 0 rings (SSSR count). The molecule has 5 nitrogen and oxygen atoms in total. The van der Waals surface area contributed by atoms with E-state index in [1.165, 1.54) is 0 Å². The highest BCUT2D eigenvalue weighted by Gasteiger charge is 2.30. The average molecular weight is 523 g/mol. The first-order valence-corrected chi connectivity index (χ1v) is 11.6. The van der Waals surface area contributed by atoms with E-state index in [4.69, 9.17) is 41.5 Å². The number of phosphoric ester groups is 1. The standard InChI is InChI=1S/C13H25Br2Cl2O5P/c1-13(2,3)10-22-23(18,20-5-4-16)21-9-12(17)8-19-7-11(15)6-14/h11-12H,4-10H2,1-3H3. The molecule has 0 amide bonds. The molecule has 0 spiro atoms. The van der Waals surface area contributed by atoms with Crippen LogP contribution in [0.4, 0.5) is 0 Å². The van der Waals surface area contributed by atoms with E-state index in [0.717, 1.165) is 5.33 Å². The van der Waals surface area contributed by atoms with Crippen LogP contribution in [0.2, 0.25) is 0 Å². The van der Waals surface area contributed by atoms with E-state index in [1.54, 1.807) is 0 Å².